The number of rotatable bonds is 8. The van der Waals surface area contributed by atoms with E-state index < -0.39 is 0 Å². The van der Waals surface area contributed by atoms with E-state index in [9.17, 15) is 4.79 Å². The summed E-state index contributed by atoms with van der Waals surface area (Å²) in [5.41, 5.74) is 4.80. The van der Waals surface area contributed by atoms with Crippen molar-refractivity contribution in [2.75, 3.05) is 6.61 Å². The molecule has 0 spiro atoms. The lowest BCUT2D eigenvalue weighted by molar-refractivity contribution is 0.0950. The maximum atomic E-state index is 12.6. The maximum Gasteiger partial charge on any atom is 0.251 e. The zero-order chi connectivity index (χ0) is 20.6. The van der Waals surface area contributed by atoms with E-state index in [0.717, 1.165) is 33.8 Å². The van der Waals surface area contributed by atoms with Crippen LogP contribution in [0.1, 0.15) is 39.5 Å². The second-order valence-corrected chi connectivity index (χ2v) is 7.04. The van der Waals surface area contributed by atoms with Crippen LogP contribution < -0.4 is 14.8 Å². The van der Waals surface area contributed by atoms with E-state index in [4.69, 9.17) is 9.47 Å². The predicted octanol–water partition coefficient (Wildman–Crippen LogP) is 5.21. The molecule has 0 aliphatic carbocycles. The Morgan fingerprint density at radius 2 is 1.62 bits per heavy atom. The van der Waals surface area contributed by atoms with E-state index in [0.29, 0.717) is 25.3 Å². The van der Waals surface area contributed by atoms with Gasteiger partial charge in [0.2, 0.25) is 0 Å². The number of carbonyl (C=O) groups excluding carboxylic acids is 1. The first-order valence-corrected chi connectivity index (χ1v) is 9.84. The van der Waals surface area contributed by atoms with E-state index in [1.807, 2.05) is 75.4 Å². The minimum Gasteiger partial charge on any atom is -0.493 e. The molecule has 29 heavy (non-hydrogen) atoms. The Balaban J connectivity index is 1.73. The fourth-order valence-electron chi connectivity index (χ4n) is 3.19. The lowest BCUT2D eigenvalue weighted by Gasteiger charge is -2.14. The number of ether oxygens (including phenoxy) is 2. The van der Waals surface area contributed by atoms with Crippen LogP contribution in [0.3, 0.4) is 0 Å². The molecular formula is C25H27NO3. The van der Waals surface area contributed by atoms with Crippen molar-refractivity contribution in [2.24, 2.45) is 0 Å². The summed E-state index contributed by atoms with van der Waals surface area (Å²) in [6.45, 7) is 7.40. The first kappa shape index (κ1) is 20.5. The highest BCUT2D eigenvalue weighted by atomic mass is 16.5. The molecule has 0 saturated heterocycles. The van der Waals surface area contributed by atoms with Crippen molar-refractivity contribution in [1.29, 1.82) is 0 Å². The first-order chi connectivity index (χ1) is 14.0. The highest BCUT2D eigenvalue weighted by Gasteiger charge is 2.12. The Hall–Kier alpha value is -3.27. The van der Waals surface area contributed by atoms with Crippen molar-refractivity contribution in [2.45, 2.75) is 33.9 Å². The zero-order valence-electron chi connectivity index (χ0n) is 17.2. The molecule has 0 fully saturated rings. The van der Waals surface area contributed by atoms with Gasteiger partial charge in [-0.15, -0.1) is 0 Å². The average molecular weight is 389 g/mol. The van der Waals surface area contributed by atoms with E-state index in [1.165, 1.54) is 0 Å². The molecule has 0 atom stereocenters. The molecular weight excluding hydrogens is 362 g/mol. The standard InChI is InChI=1S/C25H27NO3/c1-4-28-24-11-10-21(25(27)26-16-20-8-6-5-7-9-20)15-22(24)17-29-23-13-18(2)12-19(3)14-23/h5-15H,4,16-17H2,1-3H3,(H,26,27). The normalized spacial score (nSPS) is 10.4. The summed E-state index contributed by atoms with van der Waals surface area (Å²) in [5.74, 6) is 1.42. The minimum absolute atomic E-state index is 0.121. The van der Waals surface area contributed by atoms with Crippen molar-refractivity contribution in [1.82, 2.24) is 5.32 Å². The number of aryl methyl sites for hydroxylation is 2. The smallest absolute Gasteiger partial charge is 0.251 e. The predicted molar refractivity (Wildman–Crippen MR) is 115 cm³/mol. The number of nitrogens with one attached hydrogen (secondary N) is 1. The molecule has 0 bridgehead atoms. The molecule has 150 valence electrons. The molecule has 4 heteroatoms. The van der Waals surface area contributed by atoms with Crippen LogP contribution in [0, 0.1) is 13.8 Å². The van der Waals surface area contributed by atoms with Gasteiger partial charge in [-0.1, -0.05) is 36.4 Å². The summed E-state index contributed by atoms with van der Waals surface area (Å²) >= 11 is 0. The Morgan fingerprint density at radius 3 is 2.31 bits per heavy atom. The van der Waals surface area contributed by atoms with Crippen LogP contribution in [0.4, 0.5) is 0 Å². The van der Waals surface area contributed by atoms with Gasteiger partial charge in [-0.2, -0.15) is 0 Å². The summed E-state index contributed by atoms with van der Waals surface area (Å²) in [6, 6.07) is 21.4. The lowest BCUT2D eigenvalue weighted by Crippen LogP contribution is -2.23. The summed E-state index contributed by atoms with van der Waals surface area (Å²) in [7, 11) is 0. The van der Waals surface area contributed by atoms with Crippen LogP contribution in [0.25, 0.3) is 0 Å². The molecule has 3 aromatic carbocycles. The van der Waals surface area contributed by atoms with Crippen molar-refractivity contribution in [3.05, 3.63) is 94.5 Å². The molecule has 4 nitrogen and oxygen atoms in total. The van der Waals surface area contributed by atoms with Crippen LogP contribution in [-0.2, 0) is 13.2 Å². The third kappa shape index (κ3) is 5.85. The topological polar surface area (TPSA) is 47.6 Å². The second kappa shape index (κ2) is 9.78. The van der Waals surface area contributed by atoms with Gasteiger partial charge >= 0.3 is 0 Å². The van der Waals surface area contributed by atoms with Crippen LogP contribution in [-0.4, -0.2) is 12.5 Å². The molecule has 0 aliphatic heterocycles. The molecule has 1 N–H and O–H groups in total. The quantitative estimate of drug-likeness (QED) is 0.575. The third-order valence-corrected chi connectivity index (χ3v) is 4.51. The number of hydrogen-bond acceptors (Lipinski definition) is 3. The van der Waals surface area contributed by atoms with Gasteiger partial charge in [0.05, 0.1) is 6.61 Å². The Kier molecular flexibility index (Phi) is 6.90. The molecule has 0 aliphatic rings. The van der Waals surface area contributed by atoms with Crippen LogP contribution >= 0.6 is 0 Å². The van der Waals surface area contributed by atoms with Gasteiger partial charge in [-0.3, -0.25) is 4.79 Å². The summed E-state index contributed by atoms with van der Waals surface area (Å²) in [6.07, 6.45) is 0. The van der Waals surface area contributed by atoms with Gasteiger partial charge in [0.15, 0.2) is 0 Å². The summed E-state index contributed by atoms with van der Waals surface area (Å²) in [4.78, 5) is 12.6. The molecule has 0 aromatic heterocycles. The van der Waals surface area contributed by atoms with Crippen molar-refractivity contribution in [3.63, 3.8) is 0 Å². The lowest BCUT2D eigenvalue weighted by atomic mass is 10.1. The van der Waals surface area contributed by atoms with E-state index in [1.54, 1.807) is 6.07 Å². The summed E-state index contributed by atoms with van der Waals surface area (Å²) < 4.78 is 11.7. The number of benzene rings is 3. The van der Waals surface area contributed by atoms with E-state index in [-0.39, 0.29) is 5.91 Å². The van der Waals surface area contributed by atoms with E-state index >= 15 is 0 Å². The number of amides is 1. The monoisotopic (exact) mass is 389 g/mol. The van der Waals surface area contributed by atoms with Crippen LogP contribution in [0.2, 0.25) is 0 Å². The van der Waals surface area contributed by atoms with Gasteiger partial charge in [-0.05, 0) is 67.8 Å². The molecule has 0 saturated carbocycles. The maximum absolute atomic E-state index is 12.6. The molecule has 3 aromatic rings. The molecule has 0 radical (unpaired) electrons. The Morgan fingerprint density at radius 1 is 0.897 bits per heavy atom. The van der Waals surface area contributed by atoms with E-state index in [2.05, 4.69) is 11.4 Å². The van der Waals surface area contributed by atoms with Crippen molar-refractivity contribution >= 4 is 5.91 Å². The fourth-order valence-corrected chi connectivity index (χ4v) is 3.19. The number of hydrogen-bond donors (Lipinski definition) is 1. The van der Waals surface area contributed by atoms with Crippen molar-refractivity contribution < 1.29 is 14.3 Å². The highest BCUT2D eigenvalue weighted by Crippen LogP contribution is 2.24. The zero-order valence-corrected chi connectivity index (χ0v) is 17.2. The summed E-state index contributed by atoms with van der Waals surface area (Å²) in [5, 5.41) is 2.96. The van der Waals surface area contributed by atoms with Crippen LogP contribution in [0.15, 0.2) is 66.7 Å². The van der Waals surface area contributed by atoms with Gasteiger partial charge in [0, 0.05) is 17.7 Å². The average Bonchev–Trinajstić information content (AvgIpc) is 2.71. The molecule has 1 amide bonds. The first-order valence-electron chi connectivity index (χ1n) is 9.84. The Labute approximate surface area is 172 Å². The molecule has 0 heterocycles. The van der Waals surface area contributed by atoms with Gasteiger partial charge in [0.1, 0.15) is 18.1 Å². The third-order valence-electron chi connectivity index (χ3n) is 4.51. The van der Waals surface area contributed by atoms with Crippen LogP contribution in [0.5, 0.6) is 11.5 Å². The SMILES string of the molecule is CCOc1ccc(C(=O)NCc2ccccc2)cc1COc1cc(C)cc(C)c1. The second-order valence-electron chi connectivity index (χ2n) is 7.04. The molecule has 3 rings (SSSR count). The van der Waals surface area contributed by atoms with Crippen molar-refractivity contribution in [3.8, 4) is 11.5 Å². The minimum atomic E-state index is -0.121. The Bertz CT molecular complexity index is 947. The largest absolute Gasteiger partial charge is 0.493 e. The number of carbonyl (C=O) groups is 1. The van der Waals surface area contributed by atoms with Gasteiger partial charge in [0.25, 0.3) is 5.91 Å². The fraction of sp³-hybridized carbons (Fsp3) is 0.240. The highest BCUT2D eigenvalue weighted by molar-refractivity contribution is 5.94. The molecule has 0 unspecified atom stereocenters. The van der Waals surface area contributed by atoms with Gasteiger partial charge in [-0.25, -0.2) is 0 Å². The van der Waals surface area contributed by atoms with Gasteiger partial charge < -0.3 is 14.8 Å².